The Hall–Kier alpha value is -1.38. The number of fused-ring (bicyclic) bond motifs is 5. The molecular formula is C18H22FNO. The fourth-order valence-corrected chi connectivity index (χ4v) is 5.36. The Bertz CT molecular complexity index is 585. The van der Waals surface area contributed by atoms with Gasteiger partial charge in [-0.15, -0.1) is 0 Å². The van der Waals surface area contributed by atoms with Crippen LogP contribution >= 0.6 is 0 Å². The van der Waals surface area contributed by atoms with Crippen molar-refractivity contribution in [2.75, 3.05) is 0 Å². The van der Waals surface area contributed by atoms with Crippen molar-refractivity contribution < 1.29 is 9.18 Å². The zero-order valence-electron chi connectivity index (χ0n) is 12.4. The van der Waals surface area contributed by atoms with E-state index < -0.39 is 0 Å². The summed E-state index contributed by atoms with van der Waals surface area (Å²) in [6.07, 6.45) is 6.60. The summed E-state index contributed by atoms with van der Waals surface area (Å²) in [5.74, 6) is 3.01. The third-order valence-electron chi connectivity index (χ3n) is 6.18. The molecule has 3 heteroatoms. The van der Waals surface area contributed by atoms with E-state index >= 15 is 0 Å². The quantitative estimate of drug-likeness (QED) is 0.883. The molecule has 3 saturated carbocycles. The lowest BCUT2D eigenvalue weighted by Gasteiger charge is -2.32. The van der Waals surface area contributed by atoms with Crippen molar-refractivity contribution in [1.29, 1.82) is 0 Å². The minimum Gasteiger partial charge on any atom is -0.349 e. The number of rotatable bonds is 2. The number of carbonyl (C=O) groups is 1. The van der Waals surface area contributed by atoms with Crippen LogP contribution in [-0.4, -0.2) is 11.9 Å². The van der Waals surface area contributed by atoms with E-state index in [4.69, 9.17) is 0 Å². The first kappa shape index (κ1) is 13.3. The van der Waals surface area contributed by atoms with Gasteiger partial charge in [0.2, 0.25) is 0 Å². The summed E-state index contributed by atoms with van der Waals surface area (Å²) in [5, 5.41) is 3.24. The number of aryl methyl sites for hydroxylation is 1. The Labute approximate surface area is 125 Å². The molecule has 3 fully saturated rings. The summed E-state index contributed by atoms with van der Waals surface area (Å²) in [5.41, 5.74) is 1.33. The topological polar surface area (TPSA) is 29.1 Å². The van der Waals surface area contributed by atoms with Crippen molar-refractivity contribution in [2.24, 2.45) is 23.7 Å². The number of halogens is 1. The average Bonchev–Trinajstić information content (AvgIpc) is 3.09. The van der Waals surface area contributed by atoms with E-state index in [-0.39, 0.29) is 11.7 Å². The van der Waals surface area contributed by atoms with Crippen LogP contribution < -0.4 is 5.32 Å². The zero-order valence-corrected chi connectivity index (χ0v) is 12.4. The molecule has 0 saturated heterocycles. The fraction of sp³-hybridized carbons (Fsp3) is 0.611. The van der Waals surface area contributed by atoms with Gasteiger partial charge in [-0.3, -0.25) is 4.79 Å². The second kappa shape index (κ2) is 4.82. The van der Waals surface area contributed by atoms with Crippen molar-refractivity contribution in [2.45, 2.75) is 45.1 Å². The Kier molecular flexibility index (Phi) is 3.05. The number of hydrogen-bond acceptors (Lipinski definition) is 1. The van der Waals surface area contributed by atoms with E-state index in [1.54, 1.807) is 13.0 Å². The number of nitrogens with one attached hydrogen (secondary N) is 1. The van der Waals surface area contributed by atoms with E-state index in [0.717, 1.165) is 29.7 Å². The van der Waals surface area contributed by atoms with Gasteiger partial charge >= 0.3 is 0 Å². The molecule has 1 aromatic rings. The van der Waals surface area contributed by atoms with Crippen LogP contribution in [0.2, 0.25) is 0 Å². The minimum atomic E-state index is -0.280. The molecule has 0 heterocycles. The first-order chi connectivity index (χ1) is 10.1. The summed E-state index contributed by atoms with van der Waals surface area (Å²) in [6.45, 7) is 1.80. The maximum atomic E-state index is 13.2. The third kappa shape index (κ3) is 2.09. The third-order valence-corrected chi connectivity index (χ3v) is 6.18. The van der Waals surface area contributed by atoms with Crippen LogP contribution in [0.4, 0.5) is 4.39 Å². The molecule has 3 aliphatic carbocycles. The Morgan fingerprint density at radius 3 is 2.81 bits per heavy atom. The summed E-state index contributed by atoms with van der Waals surface area (Å²) in [7, 11) is 0. The maximum Gasteiger partial charge on any atom is 0.251 e. The van der Waals surface area contributed by atoms with Gasteiger partial charge in [0.1, 0.15) is 5.82 Å². The molecule has 1 N–H and O–H groups in total. The number of benzene rings is 1. The standard InChI is InChI=1S/C18H22FNO/c1-10-7-12(19)5-6-13(10)18(21)20-17-9-11-8-16(17)15-4-2-3-14(11)15/h5-7,11,14-17H,2-4,8-9H2,1H3,(H,20,21). The van der Waals surface area contributed by atoms with Crippen LogP contribution in [0.1, 0.15) is 48.0 Å². The first-order valence-corrected chi connectivity index (χ1v) is 8.20. The molecule has 112 valence electrons. The van der Waals surface area contributed by atoms with Gasteiger partial charge in [-0.25, -0.2) is 4.39 Å². The number of amides is 1. The minimum absolute atomic E-state index is 0.0282. The van der Waals surface area contributed by atoms with Crippen molar-refractivity contribution in [3.8, 4) is 0 Å². The summed E-state index contributed by atoms with van der Waals surface area (Å²) >= 11 is 0. The van der Waals surface area contributed by atoms with Gasteiger partial charge < -0.3 is 5.32 Å². The van der Waals surface area contributed by atoms with Crippen LogP contribution in [0.3, 0.4) is 0 Å². The normalized spacial score (nSPS) is 36.8. The van der Waals surface area contributed by atoms with Gasteiger partial charge in [-0.05, 0) is 80.0 Å². The predicted molar refractivity (Wildman–Crippen MR) is 79.4 cm³/mol. The summed E-state index contributed by atoms with van der Waals surface area (Å²) < 4.78 is 13.2. The molecule has 2 nitrogen and oxygen atoms in total. The van der Waals surface area contributed by atoms with Crippen molar-refractivity contribution in [3.63, 3.8) is 0 Å². The molecular weight excluding hydrogens is 265 g/mol. The summed E-state index contributed by atoms with van der Waals surface area (Å²) in [4.78, 5) is 12.5. The van der Waals surface area contributed by atoms with Gasteiger partial charge in [0.15, 0.2) is 0 Å². The highest BCUT2D eigenvalue weighted by molar-refractivity contribution is 5.95. The second-order valence-electron chi connectivity index (χ2n) is 7.19. The molecule has 5 atom stereocenters. The largest absolute Gasteiger partial charge is 0.349 e. The fourth-order valence-electron chi connectivity index (χ4n) is 5.36. The maximum absolute atomic E-state index is 13.2. The van der Waals surface area contributed by atoms with Gasteiger partial charge in [0, 0.05) is 11.6 Å². The van der Waals surface area contributed by atoms with E-state index in [1.807, 2.05) is 0 Å². The van der Waals surface area contributed by atoms with E-state index in [2.05, 4.69) is 5.32 Å². The lowest BCUT2D eigenvalue weighted by atomic mass is 9.79. The van der Waals surface area contributed by atoms with Crippen molar-refractivity contribution >= 4 is 5.91 Å². The van der Waals surface area contributed by atoms with E-state index in [9.17, 15) is 9.18 Å². The molecule has 4 rings (SSSR count). The van der Waals surface area contributed by atoms with Gasteiger partial charge in [-0.2, -0.15) is 0 Å². The Morgan fingerprint density at radius 2 is 2.00 bits per heavy atom. The zero-order chi connectivity index (χ0) is 14.6. The predicted octanol–water partition coefficient (Wildman–Crippen LogP) is 3.69. The van der Waals surface area contributed by atoms with Crippen LogP contribution in [0, 0.1) is 36.4 Å². The molecule has 3 aliphatic rings. The van der Waals surface area contributed by atoms with Crippen LogP contribution in [0.25, 0.3) is 0 Å². The first-order valence-electron chi connectivity index (χ1n) is 8.20. The SMILES string of the molecule is Cc1cc(F)ccc1C(=O)NC1CC2CC1C1CCCC21. The molecule has 0 spiro atoms. The second-order valence-corrected chi connectivity index (χ2v) is 7.19. The van der Waals surface area contributed by atoms with Crippen LogP contribution in [0.5, 0.6) is 0 Å². The molecule has 0 aromatic heterocycles. The Morgan fingerprint density at radius 1 is 1.19 bits per heavy atom. The van der Waals surface area contributed by atoms with Gasteiger partial charge in [0.05, 0.1) is 0 Å². The molecule has 21 heavy (non-hydrogen) atoms. The number of carbonyl (C=O) groups excluding carboxylic acids is 1. The monoisotopic (exact) mass is 287 g/mol. The van der Waals surface area contributed by atoms with Crippen LogP contribution in [0.15, 0.2) is 18.2 Å². The molecule has 0 radical (unpaired) electrons. The lowest BCUT2D eigenvalue weighted by molar-refractivity contribution is 0.0900. The molecule has 5 unspecified atom stereocenters. The highest BCUT2D eigenvalue weighted by atomic mass is 19.1. The van der Waals surface area contributed by atoms with E-state index in [1.165, 1.54) is 37.8 Å². The van der Waals surface area contributed by atoms with E-state index in [0.29, 0.717) is 17.5 Å². The average molecular weight is 287 g/mol. The smallest absolute Gasteiger partial charge is 0.251 e. The van der Waals surface area contributed by atoms with Crippen molar-refractivity contribution in [1.82, 2.24) is 5.32 Å². The highest BCUT2D eigenvalue weighted by Crippen LogP contribution is 2.58. The van der Waals surface area contributed by atoms with Gasteiger partial charge in [-0.1, -0.05) is 6.42 Å². The Balaban J connectivity index is 1.48. The summed E-state index contributed by atoms with van der Waals surface area (Å²) in [6, 6.07) is 4.75. The molecule has 2 bridgehead atoms. The van der Waals surface area contributed by atoms with Crippen LogP contribution in [-0.2, 0) is 0 Å². The van der Waals surface area contributed by atoms with Crippen molar-refractivity contribution in [3.05, 3.63) is 35.1 Å². The molecule has 0 aliphatic heterocycles. The highest BCUT2D eigenvalue weighted by Gasteiger charge is 2.54. The molecule has 1 amide bonds. The number of hydrogen-bond donors (Lipinski definition) is 1. The lowest BCUT2D eigenvalue weighted by Crippen LogP contribution is -2.42. The molecule has 1 aromatic carbocycles. The van der Waals surface area contributed by atoms with Gasteiger partial charge in [0.25, 0.3) is 5.91 Å².